The van der Waals surface area contributed by atoms with E-state index < -0.39 is 11.7 Å². The molecule has 8 heteroatoms. The minimum Gasteiger partial charge on any atom is -0.319 e. The van der Waals surface area contributed by atoms with Gasteiger partial charge in [0.2, 0.25) is 0 Å². The number of nitrogens with one attached hydrogen (secondary N) is 1. The van der Waals surface area contributed by atoms with Gasteiger partial charge in [-0.2, -0.15) is 19.1 Å². The van der Waals surface area contributed by atoms with Gasteiger partial charge in [0.1, 0.15) is 0 Å². The van der Waals surface area contributed by atoms with E-state index in [4.69, 9.17) is 5.26 Å². The summed E-state index contributed by atoms with van der Waals surface area (Å²) in [4.78, 5) is 12.6. The lowest BCUT2D eigenvalue weighted by Crippen LogP contribution is -2.12. The van der Waals surface area contributed by atoms with Gasteiger partial charge in [-0.05, 0) is 29.8 Å². The van der Waals surface area contributed by atoms with Crippen molar-refractivity contribution in [3.8, 4) is 6.07 Å². The largest absolute Gasteiger partial charge is 0.319 e. The zero-order valence-electron chi connectivity index (χ0n) is 14.0. The van der Waals surface area contributed by atoms with Crippen LogP contribution < -0.4 is 5.32 Å². The van der Waals surface area contributed by atoms with E-state index in [-0.39, 0.29) is 10.5 Å². The number of carbonyl (C=O) groups excluding carboxylic acids is 1. The van der Waals surface area contributed by atoms with Gasteiger partial charge in [-0.3, -0.25) is 9.48 Å². The van der Waals surface area contributed by atoms with E-state index in [1.165, 1.54) is 18.3 Å². The van der Waals surface area contributed by atoms with Crippen LogP contribution in [-0.4, -0.2) is 21.4 Å². The number of aromatic nitrogens is 2. The molecule has 27 heavy (non-hydrogen) atoms. The number of benzene rings is 2. The first-order valence-electron chi connectivity index (χ1n) is 7.92. The molecule has 0 aliphatic carbocycles. The Bertz CT molecular complexity index is 997. The molecule has 0 bridgehead atoms. The molecular formula is C19H14F2N4OS. The van der Waals surface area contributed by atoms with Crippen molar-refractivity contribution in [2.75, 3.05) is 5.32 Å². The van der Waals surface area contributed by atoms with Gasteiger partial charge >= 0.3 is 0 Å². The van der Waals surface area contributed by atoms with Gasteiger partial charge in [-0.1, -0.05) is 36.0 Å². The van der Waals surface area contributed by atoms with Crippen molar-refractivity contribution in [3.05, 3.63) is 77.6 Å². The highest BCUT2D eigenvalue weighted by Crippen LogP contribution is 2.28. The van der Waals surface area contributed by atoms with E-state index in [9.17, 15) is 13.6 Å². The molecule has 0 saturated heterocycles. The molecule has 0 fully saturated rings. The van der Waals surface area contributed by atoms with Gasteiger partial charge in [0.25, 0.3) is 11.7 Å². The molecule has 3 aromatic rings. The summed E-state index contributed by atoms with van der Waals surface area (Å²) in [5.74, 6) is -3.09. The molecule has 1 aromatic heterocycles. The molecule has 0 radical (unpaired) electrons. The summed E-state index contributed by atoms with van der Waals surface area (Å²) in [5, 5.41) is 15.8. The predicted octanol–water partition coefficient (Wildman–Crippen LogP) is 4.37. The van der Waals surface area contributed by atoms with E-state index in [0.717, 1.165) is 5.56 Å². The number of anilines is 1. The molecule has 0 saturated carbocycles. The average Bonchev–Trinajstić information content (AvgIpc) is 3.08. The van der Waals surface area contributed by atoms with E-state index in [1.807, 2.05) is 6.07 Å². The number of amides is 1. The first kappa shape index (κ1) is 18.6. The fourth-order valence-corrected chi connectivity index (χ4v) is 3.13. The Kier molecular flexibility index (Phi) is 5.84. The summed E-state index contributed by atoms with van der Waals surface area (Å²) < 4.78 is 26.9. The summed E-state index contributed by atoms with van der Waals surface area (Å²) in [7, 11) is 0. The molecule has 0 spiro atoms. The summed E-state index contributed by atoms with van der Waals surface area (Å²) in [6.45, 7) is 0.434. The lowest BCUT2D eigenvalue weighted by Gasteiger charge is -2.08. The minimum atomic E-state index is -2.61. The van der Waals surface area contributed by atoms with E-state index in [1.54, 1.807) is 41.2 Å². The molecule has 2 aromatic carbocycles. The highest BCUT2D eigenvalue weighted by atomic mass is 32.2. The second-order valence-electron chi connectivity index (χ2n) is 5.57. The summed E-state index contributed by atoms with van der Waals surface area (Å²) in [5.41, 5.74) is 2.08. The number of hydrogen-bond donors (Lipinski definition) is 1. The Balaban J connectivity index is 1.71. The Morgan fingerprint density at radius 2 is 2.07 bits per heavy atom. The number of thioether (sulfide) groups is 1. The van der Waals surface area contributed by atoms with Gasteiger partial charge in [0, 0.05) is 11.1 Å². The van der Waals surface area contributed by atoms with Crippen LogP contribution in [0.3, 0.4) is 0 Å². The van der Waals surface area contributed by atoms with Crippen LogP contribution >= 0.6 is 11.8 Å². The van der Waals surface area contributed by atoms with Crippen molar-refractivity contribution in [3.63, 3.8) is 0 Å². The third kappa shape index (κ3) is 4.92. The average molecular weight is 384 g/mol. The quantitative estimate of drug-likeness (QED) is 0.641. The Morgan fingerprint density at radius 3 is 2.85 bits per heavy atom. The molecule has 0 aliphatic rings. The van der Waals surface area contributed by atoms with Crippen molar-refractivity contribution >= 4 is 23.4 Å². The number of nitriles is 1. The summed E-state index contributed by atoms with van der Waals surface area (Å²) in [6, 6.07) is 15.4. The molecule has 5 nitrogen and oxygen atoms in total. The second-order valence-corrected chi connectivity index (χ2v) is 6.60. The number of nitrogens with zero attached hydrogens (tertiary/aromatic N) is 3. The molecule has 1 N–H and O–H groups in total. The molecule has 0 aliphatic heterocycles. The Morgan fingerprint density at radius 1 is 1.26 bits per heavy atom. The van der Waals surface area contributed by atoms with Gasteiger partial charge in [0.05, 0.1) is 35.6 Å². The van der Waals surface area contributed by atoms with Crippen molar-refractivity contribution in [2.45, 2.75) is 17.2 Å². The molecule has 0 unspecified atom stereocenters. The molecule has 3 rings (SSSR count). The van der Waals surface area contributed by atoms with Crippen LogP contribution in [0.4, 0.5) is 14.5 Å². The van der Waals surface area contributed by atoms with Crippen LogP contribution in [0, 0.1) is 11.3 Å². The fraction of sp³-hybridized carbons (Fsp3) is 0.105. The topological polar surface area (TPSA) is 70.7 Å². The SMILES string of the molecule is N#Cc1cccc(Cn2cc(NC(=O)c3ccccc3SC(F)F)cn2)c1. The minimum absolute atomic E-state index is 0.178. The maximum atomic E-state index is 12.7. The fourth-order valence-electron chi connectivity index (χ4n) is 2.49. The second kappa shape index (κ2) is 8.47. The van der Waals surface area contributed by atoms with E-state index in [2.05, 4.69) is 16.5 Å². The summed E-state index contributed by atoms with van der Waals surface area (Å²) >= 11 is 0.333. The number of carbonyl (C=O) groups is 1. The van der Waals surface area contributed by atoms with E-state index in [0.29, 0.717) is 29.6 Å². The predicted molar refractivity (Wildman–Crippen MR) is 98.7 cm³/mol. The van der Waals surface area contributed by atoms with Crippen molar-refractivity contribution in [1.82, 2.24) is 9.78 Å². The zero-order chi connectivity index (χ0) is 19.2. The third-order valence-corrected chi connectivity index (χ3v) is 4.43. The van der Waals surface area contributed by atoms with Gasteiger partial charge in [-0.25, -0.2) is 0 Å². The number of halogens is 2. The van der Waals surface area contributed by atoms with Gasteiger partial charge < -0.3 is 5.32 Å². The normalized spacial score (nSPS) is 10.6. The monoisotopic (exact) mass is 384 g/mol. The highest BCUT2D eigenvalue weighted by Gasteiger charge is 2.15. The lowest BCUT2D eigenvalue weighted by atomic mass is 10.1. The lowest BCUT2D eigenvalue weighted by molar-refractivity contribution is 0.102. The first-order valence-corrected chi connectivity index (χ1v) is 8.80. The van der Waals surface area contributed by atoms with Crippen LogP contribution in [0.25, 0.3) is 0 Å². The maximum absolute atomic E-state index is 12.7. The molecule has 0 atom stereocenters. The van der Waals surface area contributed by atoms with Crippen LogP contribution in [0.2, 0.25) is 0 Å². The molecule has 1 heterocycles. The maximum Gasteiger partial charge on any atom is 0.288 e. The highest BCUT2D eigenvalue weighted by molar-refractivity contribution is 7.99. The van der Waals surface area contributed by atoms with Crippen molar-refractivity contribution in [1.29, 1.82) is 5.26 Å². The van der Waals surface area contributed by atoms with Crippen LogP contribution in [0.5, 0.6) is 0 Å². The molecular weight excluding hydrogens is 370 g/mol. The van der Waals surface area contributed by atoms with Crippen molar-refractivity contribution < 1.29 is 13.6 Å². The summed E-state index contributed by atoms with van der Waals surface area (Å²) in [6.07, 6.45) is 3.12. The Labute approximate surface area is 158 Å². The Hall–Kier alpha value is -3.18. The number of hydrogen-bond acceptors (Lipinski definition) is 4. The number of rotatable bonds is 6. The molecule has 1 amide bonds. The zero-order valence-corrected chi connectivity index (χ0v) is 14.8. The standard InChI is InChI=1S/C19H14F2N4OS/c20-19(21)27-17-7-2-1-6-16(17)18(26)24-15-10-23-25(12-15)11-14-5-3-4-13(8-14)9-22/h1-8,10,12,19H,11H2,(H,24,26). The smallest absolute Gasteiger partial charge is 0.288 e. The van der Waals surface area contributed by atoms with Gasteiger partial charge in [0.15, 0.2) is 0 Å². The first-order chi connectivity index (χ1) is 13.0. The van der Waals surface area contributed by atoms with Crippen molar-refractivity contribution in [2.24, 2.45) is 0 Å². The van der Waals surface area contributed by atoms with Crippen LogP contribution in [0.15, 0.2) is 65.8 Å². The molecule has 136 valence electrons. The van der Waals surface area contributed by atoms with Gasteiger partial charge in [-0.15, -0.1) is 0 Å². The number of alkyl halides is 2. The van der Waals surface area contributed by atoms with Crippen LogP contribution in [0.1, 0.15) is 21.5 Å². The van der Waals surface area contributed by atoms with Crippen LogP contribution in [-0.2, 0) is 6.54 Å². The third-order valence-electron chi connectivity index (χ3n) is 3.64. The van der Waals surface area contributed by atoms with E-state index >= 15 is 0 Å².